The Kier molecular flexibility index (Phi) is 1.97. The van der Waals surface area contributed by atoms with Gasteiger partial charge in [-0.2, -0.15) is 0 Å². The Morgan fingerprint density at radius 2 is 1.63 bits per heavy atom. The van der Waals surface area contributed by atoms with E-state index in [0.717, 1.165) is 30.4 Å². The minimum Gasteiger partial charge on any atom is -0.508 e. The van der Waals surface area contributed by atoms with Gasteiger partial charge >= 0.3 is 0 Å². The molecule has 1 N–H and O–H groups in total. The van der Waals surface area contributed by atoms with Crippen molar-refractivity contribution in [3.8, 4) is 5.75 Å². The maximum absolute atomic E-state index is 12.7. The number of hydrogen-bond acceptors (Lipinski definition) is 2. The maximum Gasteiger partial charge on any atom is 0.170 e. The first-order chi connectivity index (χ1) is 9.18. The highest BCUT2D eigenvalue weighted by molar-refractivity contribution is 6.05. The highest BCUT2D eigenvalue weighted by atomic mass is 16.3. The van der Waals surface area contributed by atoms with Gasteiger partial charge in [0, 0.05) is 11.0 Å². The van der Waals surface area contributed by atoms with Crippen LogP contribution in [0.25, 0.3) is 0 Å². The number of carbonyl (C=O) groups is 1. The Bertz CT molecular complexity index is 702. The molecule has 2 aromatic carbocycles. The molecule has 2 heteroatoms. The standard InChI is InChI=1S/C17H14O2/c18-14-6-5-11-8-17(10-13(11)7-14)9-12-3-1-2-4-15(12)16(17)19/h1-7,18H,8-10H2. The van der Waals surface area contributed by atoms with E-state index in [1.54, 1.807) is 12.1 Å². The number of Topliss-reactive ketones (excluding diaryl/α,β-unsaturated/α-hetero) is 1. The second-order valence-electron chi connectivity index (χ2n) is 5.75. The molecular weight excluding hydrogens is 236 g/mol. The van der Waals surface area contributed by atoms with Crippen LogP contribution < -0.4 is 0 Å². The third-order valence-corrected chi connectivity index (χ3v) is 4.52. The van der Waals surface area contributed by atoms with Crippen molar-refractivity contribution in [3.05, 3.63) is 64.7 Å². The summed E-state index contributed by atoms with van der Waals surface area (Å²) in [5.41, 5.74) is 4.10. The van der Waals surface area contributed by atoms with Gasteiger partial charge in [-0.1, -0.05) is 30.3 Å². The van der Waals surface area contributed by atoms with Crippen molar-refractivity contribution in [2.75, 3.05) is 0 Å². The van der Waals surface area contributed by atoms with Crippen molar-refractivity contribution in [2.45, 2.75) is 19.3 Å². The van der Waals surface area contributed by atoms with Crippen molar-refractivity contribution < 1.29 is 9.90 Å². The van der Waals surface area contributed by atoms with Gasteiger partial charge in [0.1, 0.15) is 5.75 Å². The lowest BCUT2D eigenvalue weighted by atomic mass is 9.81. The number of hydrogen-bond donors (Lipinski definition) is 1. The number of ketones is 1. The molecule has 4 rings (SSSR count). The van der Waals surface area contributed by atoms with E-state index in [1.807, 2.05) is 24.3 Å². The fourth-order valence-electron chi connectivity index (χ4n) is 3.65. The molecule has 1 spiro atoms. The van der Waals surface area contributed by atoms with Crippen LogP contribution in [0.5, 0.6) is 5.75 Å². The molecule has 0 saturated carbocycles. The average Bonchev–Trinajstić information content (AvgIpc) is 2.89. The summed E-state index contributed by atoms with van der Waals surface area (Å²) in [5.74, 6) is 0.567. The van der Waals surface area contributed by atoms with Gasteiger partial charge < -0.3 is 5.11 Å². The molecule has 0 heterocycles. The van der Waals surface area contributed by atoms with Gasteiger partial charge in [0.15, 0.2) is 5.78 Å². The number of phenolic OH excluding ortho intramolecular Hbond substituents is 1. The summed E-state index contributed by atoms with van der Waals surface area (Å²) in [4.78, 5) is 12.7. The minimum atomic E-state index is -0.292. The topological polar surface area (TPSA) is 37.3 Å². The fraction of sp³-hybridized carbons (Fsp3) is 0.235. The fourth-order valence-corrected chi connectivity index (χ4v) is 3.65. The molecule has 0 bridgehead atoms. The summed E-state index contributed by atoms with van der Waals surface area (Å²) in [5, 5.41) is 9.58. The molecule has 1 unspecified atom stereocenters. The van der Waals surface area contributed by atoms with Crippen molar-refractivity contribution in [1.29, 1.82) is 0 Å². The smallest absolute Gasteiger partial charge is 0.170 e. The molecule has 1 atom stereocenters. The van der Waals surface area contributed by atoms with E-state index >= 15 is 0 Å². The molecule has 0 saturated heterocycles. The highest BCUT2D eigenvalue weighted by Crippen LogP contribution is 2.47. The molecule has 94 valence electrons. The first-order valence-electron chi connectivity index (χ1n) is 6.61. The molecular formula is C17H14O2. The SMILES string of the molecule is O=C1c2ccccc2CC12Cc1ccc(O)cc1C2. The Labute approximate surface area is 111 Å². The lowest BCUT2D eigenvalue weighted by molar-refractivity contribution is 0.0831. The minimum absolute atomic E-state index is 0.277. The normalized spacial score (nSPS) is 23.7. The van der Waals surface area contributed by atoms with Crippen LogP contribution in [-0.2, 0) is 19.3 Å². The molecule has 0 amide bonds. The predicted octanol–water partition coefficient (Wildman–Crippen LogP) is 2.92. The molecule has 0 aliphatic heterocycles. The summed E-state index contributed by atoms with van der Waals surface area (Å²) >= 11 is 0. The van der Waals surface area contributed by atoms with Gasteiger partial charge in [0.2, 0.25) is 0 Å². The zero-order chi connectivity index (χ0) is 13.0. The number of phenols is 1. The van der Waals surface area contributed by atoms with E-state index in [1.165, 1.54) is 11.1 Å². The van der Waals surface area contributed by atoms with Crippen LogP contribution in [0, 0.1) is 5.41 Å². The van der Waals surface area contributed by atoms with Gasteiger partial charge in [0.25, 0.3) is 0 Å². The van der Waals surface area contributed by atoms with E-state index in [9.17, 15) is 9.90 Å². The van der Waals surface area contributed by atoms with Crippen LogP contribution in [0.3, 0.4) is 0 Å². The molecule has 2 aromatic rings. The number of aromatic hydroxyl groups is 1. The van der Waals surface area contributed by atoms with Gasteiger partial charge in [-0.05, 0) is 48.1 Å². The third kappa shape index (κ3) is 1.40. The zero-order valence-electron chi connectivity index (χ0n) is 10.5. The van der Waals surface area contributed by atoms with E-state index in [-0.39, 0.29) is 11.2 Å². The quantitative estimate of drug-likeness (QED) is 0.780. The Balaban J connectivity index is 1.79. The third-order valence-electron chi connectivity index (χ3n) is 4.52. The predicted molar refractivity (Wildman–Crippen MR) is 72.4 cm³/mol. The van der Waals surface area contributed by atoms with E-state index in [0.29, 0.717) is 5.75 Å². The number of fused-ring (bicyclic) bond motifs is 2. The van der Waals surface area contributed by atoms with Crippen molar-refractivity contribution in [1.82, 2.24) is 0 Å². The summed E-state index contributed by atoms with van der Waals surface area (Å²) in [6.07, 6.45) is 2.39. The van der Waals surface area contributed by atoms with Gasteiger partial charge in [-0.25, -0.2) is 0 Å². The van der Waals surface area contributed by atoms with Crippen LogP contribution >= 0.6 is 0 Å². The lowest BCUT2D eigenvalue weighted by Gasteiger charge is -2.20. The second kappa shape index (κ2) is 3.47. The van der Waals surface area contributed by atoms with Gasteiger partial charge in [-0.3, -0.25) is 4.79 Å². The van der Waals surface area contributed by atoms with E-state index < -0.39 is 0 Å². The van der Waals surface area contributed by atoms with Crippen LogP contribution in [0.4, 0.5) is 0 Å². The summed E-state index contributed by atoms with van der Waals surface area (Å²) in [6.45, 7) is 0. The Morgan fingerprint density at radius 3 is 2.47 bits per heavy atom. The Hall–Kier alpha value is -2.09. The molecule has 0 fully saturated rings. The summed E-state index contributed by atoms with van der Waals surface area (Å²) in [6, 6.07) is 13.4. The second-order valence-corrected chi connectivity index (χ2v) is 5.75. The van der Waals surface area contributed by atoms with E-state index in [2.05, 4.69) is 6.07 Å². The lowest BCUT2D eigenvalue weighted by Crippen LogP contribution is -2.28. The number of benzene rings is 2. The highest BCUT2D eigenvalue weighted by Gasteiger charge is 2.48. The van der Waals surface area contributed by atoms with Crippen molar-refractivity contribution >= 4 is 5.78 Å². The summed E-state index contributed by atoms with van der Waals surface area (Å²) < 4.78 is 0. The molecule has 2 aliphatic carbocycles. The largest absolute Gasteiger partial charge is 0.508 e. The maximum atomic E-state index is 12.7. The van der Waals surface area contributed by atoms with E-state index in [4.69, 9.17) is 0 Å². The molecule has 0 radical (unpaired) electrons. The summed E-state index contributed by atoms with van der Waals surface area (Å²) in [7, 11) is 0. The van der Waals surface area contributed by atoms with Crippen LogP contribution in [0.15, 0.2) is 42.5 Å². The zero-order valence-corrected chi connectivity index (χ0v) is 10.5. The molecule has 2 nitrogen and oxygen atoms in total. The van der Waals surface area contributed by atoms with Crippen molar-refractivity contribution in [2.24, 2.45) is 5.41 Å². The first-order valence-corrected chi connectivity index (χ1v) is 6.61. The van der Waals surface area contributed by atoms with Gasteiger partial charge in [-0.15, -0.1) is 0 Å². The van der Waals surface area contributed by atoms with Crippen molar-refractivity contribution in [3.63, 3.8) is 0 Å². The molecule has 2 aliphatic rings. The van der Waals surface area contributed by atoms with Crippen LogP contribution in [0.2, 0.25) is 0 Å². The monoisotopic (exact) mass is 250 g/mol. The number of rotatable bonds is 0. The van der Waals surface area contributed by atoms with Crippen LogP contribution in [0.1, 0.15) is 27.0 Å². The molecule has 19 heavy (non-hydrogen) atoms. The number of carbonyl (C=O) groups excluding carboxylic acids is 1. The molecule has 0 aromatic heterocycles. The average molecular weight is 250 g/mol. The Morgan fingerprint density at radius 1 is 0.895 bits per heavy atom. The first kappa shape index (κ1) is 10.8. The van der Waals surface area contributed by atoms with Crippen LogP contribution in [-0.4, -0.2) is 10.9 Å². The van der Waals surface area contributed by atoms with Gasteiger partial charge in [0.05, 0.1) is 0 Å².